The fourth-order valence-electron chi connectivity index (χ4n) is 2.54. The number of rotatable bonds is 0. The zero-order valence-corrected chi connectivity index (χ0v) is 12.3. The van der Waals surface area contributed by atoms with Crippen molar-refractivity contribution < 1.29 is 14.6 Å². The van der Waals surface area contributed by atoms with E-state index in [1.807, 2.05) is 25.1 Å². The third kappa shape index (κ3) is 2.62. The molecule has 0 spiro atoms. The van der Waals surface area contributed by atoms with Crippen molar-refractivity contribution in [3.05, 3.63) is 23.8 Å². The van der Waals surface area contributed by atoms with E-state index in [0.717, 1.165) is 30.5 Å². The minimum absolute atomic E-state index is 0.0384. The summed E-state index contributed by atoms with van der Waals surface area (Å²) in [5.41, 5.74) is 0.697. The van der Waals surface area contributed by atoms with Crippen LogP contribution in [0.4, 0.5) is 5.69 Å². The SMILES string of the molecule is C[C@H]1COc2ccc(C#CC3(O)CCC3)cc2N(C)C1=O. The average molecular weight is 285 g/mol. The van der Waals surface area contributed by atoms with Gasteiger partial charge in [-0.2, -0.15) is 0 Å². The van der Waals surface area contributed by atoms with Gasteiger partial charge in [0.05, 0.1) is 18.2 Å². The van der Waals surface area contributed by atoms with Gasteiger partial charge in [0.2, 0.25) is 5.91 Å². The lowest BCUT2D eigenvalue weighted by molar-refractivity contribution is -0.122. The Hall–Kier alpha value is -1.99. The molecule has 4 heteroatoms. The van der Waals surface area contributed by atoms with Crippen LogP contribution in [-0.2, 0) is 4.79 Å². The molecule has 110 valence electrons. The first kappa shape index (κ1) is 14.0. The second-order valence-corrected chi connectivity index (χ2v) is 5.93. The summed E-state index contributed by atoms with van der Waals surface area (Å²) in [6, 6.07) is 5.55. The molecular formula is C17H19NO3. The van der Waals surface area contributed by atoms with E-state index in [-0.39, 0.29) is 11.8 Å². The maximum absolute atomic E-state index is 12.2. The molecule has 1 aliphatic heterocycles. The molecule has 0 bridgehead atoms. The summed E-state index contributed by atoms with van der Waals surface area (Å²) in [7, 11) is 1.75. The summed E-state index contributed by atoms with van der Waals surface area (Å²) in [5, 5.41) is 10.0. The van der Waals surface area contributed by atoms with Crippen molar-refractivity contribution in [2.24, 2.45) is 5.92 Å². The molecular weight excluding hydrogens is 266 g/mol. The Bertz CT molecular complexity index is 637. The van der Waals surface area contributed by atoms with Crippen molar-refractivity contribution in [2.45, 2.75) is 31.8 Å². The molecule has 0 radical (unpaired) electrons. The molecule has 1 aliphatic carbocycles. The van der Waals surface area contributed by atoms with E-state index >= 15 is 0 Å². The zero-order valence-electron chi connectivity index (χ0n) is 12.3. The molecule has 21 heavy (non-hydrogen) atoms. The van der Waals surface area contributed by atoms with Gasteiger partial charge in [0.25, 0.3) is 0 Å². The maximum Gasteiger partial charge on any atom is 0.233 e. The Morgan fingerprint density at radius 3 is 2.86 bits per heavy atom. The van der Waals surface area contributed by atoms with Gasteiger partial charge in [-0.05, 0) is 37.5 Å². The Labute approximate surface area is 124 Å². The van der Waals surface area contributed by atoms with Crippen LogP contribution in [0.1, 0.15) is 31.7 Å². The molecule has 1 atom stereocenters. The molecule has 1 amide bonds. The lowest BCUT2D eigenvalue weighted by atomic mass is 9.81. The first-order valence-electron chi connectivity index (χ1n) is 7.28. The number of hydrogen-bond acceptors (Lipinski definition) is 3. The highest BCUT2D eigenvalue weighted by Gasteiger charge is 2.32. The molecule has 1 fully saturated rings. The molecule has 0 aromatic heterocycles. The average Bonchev–Trinajstić information content (AvgIpc) is 2.56. The minimum Gasteiger partial charge on any atom is -0.491 e. The third-order valence-corrected chi connectivity index (χ3v) is 4.18. The van der Waals surface area contributed by atoms with Crippen LogP contribution in [0.5, 0.6) is 5.75 Å². The van der Waals surface area contributed by atoms with E-state index in [1.54, 1.807) is 11.9 Å². The summed E-state index contributed by atoms with van der Waals surface area (Å²) in [4.78, 5) is 13.8. The van der Waals surface area contributed by atoms with Crippen LogP contribution in [0, 0.1) is 17.8 Å². The Balaban J connectivity index is 1.92. The second kappa shape index (κ2) is 5.09. The predicted molar refractivity (Wildman–Crippen MR) is 80.2 cm³/mol. The fourth-order valence-corrected chi connectivity index (χ4v) is 2.54. The number of aliphatic hydroxyl groups is 1. The van der Waals surface area contributed by atoms with E-state index in [2.05, 4.69) is 11.8 Å². The van der Waals surface area contributed by atoms with Crippen LogP contribution >= 0.6 is 0 Å². The fraction of sp³-hybridized carbons (Fsp3) is 0.471. The van der Waals surface area contributed by atoms with E-state index in [4.69, 9.17) is 4.74 Å². The van der Waals surface area contributed by atoms with E-state index in [0.29, 0.717) is 12.4 Å². The number of nitrogens with zero attached hydrogens (tertiary/aromatic N) is 1. The van der Waals surface area contributed by atoms with Crippen LogP contribution in [0.15, 0.2) is 18.2 Å². The highest BCUT2D eigenvalue weighted by Crippen LogP contribution is 2.33. The van der Waals surface area contributed by atoms with Crippen molar-refractivity contribution in [2.75, 3.05) is 18.6 Å². The monoisotopic (exact) mass is 285 g/mol. The number of amides is 1. The molecule has 1 aromatic carbocycles. The van der Waals surface area contributed by atoms with Gasteiger partial charge in [-0.25, -0.2) is 0 Å². The molecule has 2 aliphatic rings. The van der Waals surface area contributed by atoms with Gasteiger partial charge in [-0.1, -0.05) is 18.8 Å². The van der Waals surface area contributed by atoms with Gasteiger partial charge in [0.1, 0.15) is 11.4 Å². The number of carbonyl (C=O) groups is 1. The normalized spacial score (nSPS) is 23.1. The van der Waals surface area contributed by atoms with E-state index in [9.17, 15) is 9.90 Å². The Morgan fingerprint density at radius 1 is 1.43 bits per heavy atom. The third-order valence-electron chi connectivity index (χ3n) is 4.18. The Morgan fingerprint density at radius 2 is 2.19 bits per heavy atom. The van der Waals surface area contributed by atoms with Gasteiger partial charge in [0, 0.05) is 12.6 Å². The van der Waals surface area contributed by atoms with Crippen molar-refractivity contribution in [1.82, 2.24) is 0 Å². The van der Waals surface area contributed by atoms with Crippen LogP contribution in [0.2, 0.25) is 0 Å². The van der Waals surface area contributed by atoms with Crippen LogP contribution < -0.4 is 9.64 Å². The topological polar surface area (TPSA) is 49.8 Å². The van der Waals surface area contributed by atoms with Gasteiger partial charge < -0.3 is 14.7 Å². The lowest BCUT2D eigenvalue weighted by Gasteiger charge is -2.30. The highest BCUT2D eigenvalue weighted by atomic mass is 16.5. The number of benzene rings is 1. The van der Waals surface area contributed by atoms with Crippen LogP contribution in [-0.4, -0.2) is 30.3 Å². The van der Waals surface area contributed by atoms with Crippen molar-refractivity contribution in [1.29, 1.82) is 0 Å². The molecule has 4 nitrogen and oxygen atoms in total. The number of carbonyl (C=O) groups excluding carboxylic acids is 1. The van der Waals surface area contributed by atoms with Crippen molar-refractivity contribution >= 4 is 11.6 Å². The van der Waals surface area contributed by atoms with Gasteiger partial charge in [-0.3, -0.25) is 4.79 Å². The largest absolute Gasteiger partial charge is 0.491 e. The van der Waals surface area contributed by atoms with Gasteiger partial charge in [0.15, 0.2) is 0 Å². The highest BCUT2D eigenvalue weighted by molar-refractivity contribution is 5.96. The van der Waals surface area contributed by atoms with Crippen molar-refractivity contribution in [3.63, 3.8) is 0 Å². The molecule has 1 saturated carbocycles. The molecule has 1 heterocycles. The first-order chi connectivity index (χ1) is 9.98. The summed E-state index contributed by atoms with van der Waals surface area (Å²) in [5.74, 6) is 6.52. The standard InChI is InChI=1S/C17H19NO3/c1-12-11-21-15-5-4-13(6-9-17(20)7-3-8-17)10-14(15)18(2)16(12)19/h4-5,10,12,20H,3,7-8,11H2,1-2H3/t12-/m0/s1. The smallest absolute Gasteiger partial charge is 0.233 e. The van der Waals surface area contributed by atoms with Gasteiger partial charge in [-0.15, -0.1) is 0 Å². The van der Waals surface area contributed by atoms with Crippen LogP contribution in [0.3, 0.4) is 0 Å². The number of fused-ring (bicyclic) bond motifs is 1. The molecule has 3 rings (SSSR count). The van der Waals surface area contributed by atoms with Gasteiger partial charge >= 0.3 is 0 Å². The maximum atomic E-state index is 12.2. The summed E-state index contributed by atoms with van der Waals surface area (Å²) in [6.45, 7) is 2.25. The summed E-state index contributed by atoms with van der Waals surface area (Å²) < 4.78 is 5.67. The van der Waals surface area contributed by atoms with Crippen molar-refractivity contribution in [3.8, 4) is 17.6 Å². The second-order valence-electron chi connectivity index (χ2n) is 5.93. The molecule has 1 aromatic rings. The van der Waals surface area contributed by atoms with E-state index in [1.165, 1.54) is 0 Å². The number of ether oxygens (including phenoxy) is 1. The number of anilines is 1. The zero-order chi connectivity index (χ0) is 15.0. The summed E-state index contributed by atoms with van der Waals surface area (Å²) >= 11 is 0. The number of hydrogen-bond donors (Lipinski definition) is 1. The van der Waals surface area contributed by atoms with Crippen LogP contribution in [0.25, 0.3) is 0 Å². The first-order valence-corrected chi connectivity index (χ1v) is 7.28. The minimum atomic E-state index is -0.820. The lowest BCUT2D eigenvalue weighted by Crippen LogP contribution is -2.34. The van der Waals surface area contributed by atoms with E-state index < -0.39 is 5.60 Å². The quantitative estimate of drug-likeness (QED) is 0.741. The predicted octanol–water partition coefficient (Wildman–Crippen LogP) is 1.94. The molecule has 1 N–H and O–H groups in total. The Kier molecular flexibility index (Phi) is 3.38. The summed E-state index contributed by atoms with van der Waals surface area (Å²) in [6.07, 6.45) is 2.51. The molecule has 0 unspecified atom stereocenters. The molecule has 0 saturated heterocycles.